The quantitative estimate of drug-likeness (QED) is 0.548. The Morgan fingerprint density at radius 2 is 2.19 bits per heavy atom. The first kappa shape index (κ1) is 14.7. The van der Waals surface area contributed by atoms with Crippen LogP contribution in [0.25, 0.3) is 0 Å². The van der Waals surface area contributed by atoms with Gasteiger partial charge in [0.15, 0.2) is 0 Å². The van der Waals surface area contributed by atoms with Gasteiger partial charge in [-0.25, -0.2) is 4.39 Å². The maximum absolute atomic E-state index is 13.4. The Hall–Kier alpha value is -1.33. The molecule has 0 atom stereocenters. The fourth-order valence-electron chi connectivity index (χ4n) is 1.37. The van der Waals surface area contributed by atoms with Gasteiger partial charge in [-0.15, -0.1) is 12.4 Å². The van der Waals surface area contributed by atoms with Crippen molar-refractivity contribution in [1.29, 1.82) is 5.41 Å². The van der Waals surface area contributed by atoms with Gasteiger partial charge in [-0.05, 0) is 12.1 Å². The third-order valence-corrected chi connectivity index (χ3v) is 2.11. The Morgan fingerprint density at radius 3 is 2.69 bits per heavy atom. The highest BCUT2D eigenvalue weighted by Gasteiger charge is 2.13. The fraction of sp³-hybridized carbons (Fsp3) is 0.300. The maximum atomic E-state index is 13.4. The molecule has 1 rings (SSSR count). The van der Waals surface area contributed by atoms with Gasteiger partial charge in [-0.3, -0.25) is 5.41 Å². The summed E-state index contributed by atoms with van der Waals surface area (Å²) in [5.41, 5.74) is 5.89. The largest absolute Gasteiger partial charge is 0.395 e. The molecular weight excluding hydrogens is 233 g/mol. The van der Waals surface area contributed by atoms with E-state index in [1.807, 2.05) is 0 Å². The van der Waals surface area contributed by atoms with E-state index in [0.717, 1.165) is 0 Å². The van der Waals surface area contributed by atoms with E-state index in [-0.39, 0.29) is 30.4 Å². The smallest absolute Gasteiger partial charge is 0.136 e. The van der Waals surface area contributed by atoms with Crippen LogP contribution in [-0.4, -0.2) is 31.1 Å². The summed E-state index contributed by atoms with van der Waals surface area (Å²) in [6, 6.07) is 4.47. The number of benzene rings is 1. The van der Waals surface area contributed by atoms with Gasteiger partial charge < -0.3 is 15.7 Å². The molecule has 1 aromatic carbocycles. The lowest BCUT2D eigenvalue weighted by Crippen LogP contribution is -2.25. The number of hydrogen-bond donors (Lipinski definition) is 3. The van der Waals surface area contributed by atoms with Gasteiger partial charge >= 0.3 is 0 Å². The molecule has 0 bridgehead atoms. The summed E-state index contributed by atoms with van der Waals surface area (Å²) in [5.74, 6) is -0.835. The number of hydrogen-bond acceptors (Lipinski definition) is 3. The summed E-state index contributed by atoms with van der Waals surface area (Å²) in [6.45, 7) is 0.327. The van der Waals surface area contributed by atoms with Crippen LogP contribution in [0.1, 0.15) is 5.56 Å². The van der Waals surface area contributed by atoms with Gasteiger partial charge in [0.1, 0.15) is 11.7 Å². The lowest BCUT2D eigenvalue weighted by molar-refractivity contribution is 0.304. The molecule has 0 unspecified atom stereocenters. The van der Waals surface area contributed by atoms with Gasteiger partial charge in [-0.1, -0.05) is 6.07 Å². The molecule has 0 saturated heterocycles. The Bertz CT molecular complexity index is 373. The van der Waals surface area contributed by atoms with Gasteiger partial charge in [0, 0.05) is 13.6 Å². The van der Waals surface area contributed by atoms with Gasteiger partial charge in [0.25, 0.3) is 0 Å². The molecule has 6 heteroatoms. The van der Waals surface area contributed by atoms with E-state index in [0.29, 0.717) is 12.2 Å². The van der Waals surface area contributed by atoms with Crippen molar-refractivity contribution in [2.75, 3.05) is 25.1 Å². The highest BCUT2D eigenvalue weighted by molar-refractivity contribution is 6.00. The van der Waals surface area contributed by atoms with Crippen LogP contribution in [0.2, 0.25) is 0 Å². The monoisotopic (exact) mass is 247 g/mol. The third-order valence-electron chi connectivity index (χ3n) is 2.11. The Morgan fingerprint density at radius 1 is 1.56 bits per heavy atom. The number of rotatable bonds is 4. The Labute approximate surface area is 99.8 Å². The van der Waals surface area contributed by atoms with Crippen molar-refractivity contribution in [2.45, 2.75) is 0 Å². The molecule has 0 heterocycles. The molecule has 16 heavy (non-hydrogen) atoms. The van der Waals surface area contributed by atoms with E-state index in [1.54, 1.807) is 24.1 Å². The summed E-state index contributed by atoms with van der Waals surface area (Å²) in [6.07, 6.45) is 0. The summed E-state index contributed by atoms with van der Waals surface area (Å²) in [4.78, 5) is 1.65. The number of amidine groups is 1. The zero-order chi connectivity index (χ0) is 11.4. The number of aliphatic hydroxyl groups is 1. The summed E-state index contributed by atoms with van der Waals surface area (Å²) < 4.78 is 13.4. The van der Waals surface area contributed by atoms with Crippen molar-refractivity contribution in [3.8, 4) is 0 Å². The lowest BCUT2D eigenvalue weighted by Gasteiger charge is -2.21. The third kappa shape index (κ3) is 3.08. The molecule has 0 fully saturated rings. The minimum atomic E-state index is -0.523. The SMILES string of the molecule is CN(CCO)c1cccc(F)c1C(=N)N.Cl. The van der Waals surface area contributed by atoms with Crippen LogP contribution >= 0.6 is 12.4 Å². The van der Waals surface area contributed by atoms with E-state index < -0.39 is 5.82 Å². The van der Waals surface area contributed by atoms with E-state index >= 15 is 0 Å². The predicted octanol–water partition coefficient (Wildman–Crippen LogP) is 0.960. The van der Waals surface area contributed by atoms with E-state index in [2.05, 4.69) is 0 Å². The molecule has 90 valence electrons. The van der Waals surface area contributed by atoms with E-state index in [9.17, 15) is 4.39 Å². The molecule has 0 amide bonds. The van der Waals surface area contributed by atoms with Gasteiger partial charge in [0.2, 0.25) is 0 Å². The fourth-order valence-corrected chi connectivity index (χ4v) is 1.37. The Balaban J connectivity index is 0.00000225. The first-order valence-corrected chi connectivity index (χ1v) is 4.52. The lowest BCUT2D eigenvalue weighted by atomic mass is 10.1. The first-order chi connectivity index (χ1) is 7.07. The molecule has 4 nitrogen and oxygen atoms in total. The summed E-state index contributed by atoms with van der Waals surface area (Å²) >= 11 is 0. The van der Waals surface area contributed by atoms with Gasteiger partial charge in [-0.2, -0.15) is 0 Å². The molecule has 0 aromatic heterocycles. The average Bonchev–Trinajstić information content (AvgIpc) is 2.17. The van der Waals surface area contributed by atoms with Crippen LogP contribution in [0.4, 0.5) is 10.1 Å². The van der Waals surface area contributed by atoms with Crippen LogP contribution in [0.5, 0.6) is 0 Å². The number of aliphatic hydroxyl groups excluding tert-OH is 1. The van der Waals surface area contributed by atoms with Crippen LogP contribution < -0.4 is 10.6 Å². The second kappa shape index (κ2) is 6.30. The van der Waals surface area contributed by atoms with Crippen LogP contribution in [0.3, 0.4) is 0 Å². The first-order valence-electron chi connectivity index (χ1n) is 4.52. The Kier molecular flexibility index (Phi) is 5.77. The molecule has 0 radical (unpaired) electrons. The number of nitrogens with two attached hydrogens (primary N) is 1. The molecule has 1 aromatic rings. The van der Waals surface area contributed by atoms with Crippen molar-refractivity contribution in [2.24, 2.45) is 5.73 Å². The molecule has 4 N–H and O–H groups in total. The molecular formula is C10H15ClFN3O. The topological polar surface area (TPSA) is 73.3 Å². The second-order valence-electron chi connectivity index (χ2n) is 3.19. The number of likely N-dealkylation sites (N-methyl/N-ethyl adjacent to an activating group) is 1. The number of nitrogens with one attached hydrogen (secondary N) is 1. The summed E-state index contributed by atoms with van der Waals surface area (Å²) in [5, 5.41) is 16.1. The van der Waals surface area contributed by atoms with Crippen molar-refractivity contribution in [3.63, 3.8) is 0 Å². The zero-order valence-corrected chi connectivity index (χ0v) is 9.72. The molecule has 0 saturated carbocycles. The van der Waals surface area contributed by atoms with Crippen molar-refractivity contribution in [3.05, 3.63) is 29.6 Å². The van der Waals surface area contributed by atoms with Crippen LogP contribution in [0.15, 0.2) is 18.2 Å². The highest BCUT2D eigenvalue weighted by atomic mass is 35.5. The van der Waals surface area contributed by atoms with Crippen molar-refractivity contribution < 1.29 is 9.50 Å². The standard InChI is InChI=1S/C10H14FN3O.ClH/c1-14(5-6-15)8-4-2-3-7(11)9(8)10(12)13;/h2-4,15H,5-6H2,1H3,(H3,12,13);1H. The normalized spacial score (nSPS) is 9.44. The van der Waals surface area contributed by atoms with Crippen LogP contribution in [-0.2, 0) is 0 Å². The summed E-state index contributed by atoms with van der Waals surface area (Å²) in [7, 11) is 1.71. The molecule has 0 spiro atoms. The number of nitrogen functional groups attached to an aromatic ring is 1. The molecule has 0 aliphatic rings. The second-order valence-corrected chi connectivity index (χ2v) is 3.19. The maximum Gasteiger partial charge on any atom is 0.136 e. The van der Waals surface area contributed by atoms with E-state index in [4.69, 9.17) is 16.2 Å². The highest BCUT2D eigenvalue weighted by Crippen LogP contribution is 2.21. The van der Waals surface area contributed by atoms with Crippen molar-refractivity contribution in [1.82, 2.24) is 0 Å². The zero-order valence-electron chi connectivity index (χ0n) is 8.90. The number of nitrogens with zero attached hydrogens (tertiary/aromatic N) is 1. The van der Waals surface area contributed by atoms with Crippen molar-refractivity contribution >= 4 is 23.9 Å². The van der Waals surface area contributed by atoms with Gasteiger partial charge in [0.05, 0.1) is 17.9 Å². The van der Waals surface area contributed by atoms with E-state index in [1.165, 1.54) is 6.07 Å². The average molecular weight is 248 g/mol. The predicted molar refractivity (Wildman–Crippen MR) is 65.0 cm³/mol. The molecule has 0 aliphatic carbocycles. The number of halogens is 2. The molecule has 0 aliphatic heterocycles. The van der Waals surface area contributed by atoms with Crippen LogP contribution in [0, 0.1) is 11.2 Å². The number of anilines is 1. The minimum Gasteiger partial charge on any atom is -0.395 e. The minimum absolute atomic E-state index is 0.